The minimum Gasteiger partial charge on any atom is -0.491 e. The summed E-state index contributed by atoms with van der Waals surface area (Å²) in [5.74, 6) is 1.30. The Bertz CT molecular complexity index is 1810. The van der Waals surface area contributed by atoms with Crippen molar-refractivity contribution in [2.24, 2.45) is 4.99 Å². The van der Waals surface area contributed by atoms with Crippen LogP contribution in [0.5, 0.6) is 5.75 Å². The molecule has 3 heterocycles. The molecule has 2 aromatic heterocycles. The van der Waals surface area contributed by atoms with Gasteiger partial charge in [0.25, 0.3) is 5.56 Å². The highest BCUT2D eigenvalue weighted by Gasteiger charge is 2.35. The Morgan fingerprint density at radius 2 is 1.95 bits per heavy atom. The fraction of sp³-hybridized carbons (Fsp3) is 0.258. The van der Waals surface area contributed by atoms with Crippen molar-refractivity contribution in [3.05, 3.63) is 107 Å². The highest BCUT2D eigenvalue weighted by molar-refractivity contribution is 9.10. The van der Waals surface area contributed by atoms with Crippen LogP contribution in [0.2, 0.25) is 0 Å². The largest absolute Gasteiger partial charge is 0.491 e. The third kappa shape index (κ3) is 5.36. The zero-order valence-corrected chi connectivity index (χ0v) is 25.3. The molecule has 9 heteroatoms. The van der Waals surface area contributed by atoms with E-state index in [0.717, 1.165) is 15.6 Å². The number of allylic oxidation sites excluding steroid dienone is 1. The quantitative estimate of drug-likeness (QED) is 0.240. The Balaban J connectivity index is 1.66. The second-order valence-electron chi connectivity index (χ2n) is 9.69. The molecule has 0 saturated carbocycles. The van der Waals surface area contributed by atoms with Crippen LogP contribution < -0.4 is 19.6 Å². The Labute approximate surface area is 244 Å². The van der Waals surface area contributed by atoms with Crippen molar-refractivity contribution in [1.82, 2.24) is 4.57 Å². The number of furan rings is 1. The Hall–Kier alpha value is -3.69. The molecule has 0 radical (unpaired) electrons. The van der Waals surface area contributed by atoms with Crippen LogP contribution in [0.25, 0.3) is 17.4 Å². The summed E-state index contributed by atoms with van der Waals surface area (Å²) in [5.41, 5.74) is 3.27. The summed E-state index contributed by atoms with van der Waals surface area (Å²) in [5, 5.41) is 0. The van der Waals surface area contributed by atoms with Crippen molar-refractivity contribution >= 4 is 39.3 Å². The van der Waals surface area contributed by atoms with E-state index >= 15 is 0 Å². The molecule has 0 fully saturated rings. The van der Waals surface area contributed by atoms with E-state index in [1.54, 1.807) is 24.5 Å². The summed E-state index contributed by atoms with van der Waals surface area (Å²) in [6.45, 7) is 9.61. The van der Waals surface area contributed by atoms with E-state index in [9.17, 15) is 9.59 Å². The molecule has 1 atom stereocenters. The van der Waals surface area contributed by atoms with Crippen LogP contribution in [0.15, 0.2) is 84.5 Å². The molecule has 0 bridgehead atoms. The molecule has 0 N–H and O–H groups in total. The van der Waals surface area contributed by atoms with E-state index in [4.69, 9.17) is 13.9 Å². The molecule has 40 heavy (non-hydrogen) atoms. The second-order valence-corrected chi connectivity index (χ2v) is 11.6. The van der Waals surface area contributed by atoms with Gasteiger partial charge >= 0.3 is 5.97 Å². The normalized spacial score (nSPS) is 15.3. The number of esters is 1. The van der Waals surface area contributed by atoms with Gasteiger partial charge in [-0.2, -0.15) is 0 Å². The number of carbonyl (C=O) groups excluding carboxylic acids is 1. The van der Waals surface area contributed by atoms with Crippen molar-refractivity contribution in [2.45, 2.75) is 46.8 Å². The topological polar surface area (TPSA) is 83.0 Å². The van der Waals surface area contributed by atoms with Crippen LogP contribution in [-0.2, 0) is 9.53 Å². The lowest BCUT2D eigenvalue weighted by atomic mass is 9.95. The van der Waals surface area contributed by atoms with Gasteiger partial charge in [-0.1, -0.05) is 51.5 Å². The van der Waals surface area contributed by atoms with Gasteiger partial charge < -0.3 is 13.9 Å². The maximum Gasteiger partial charge on any atom is 0.338 e. The number of halogens is 1. The van der Waals surface area contributed by atoms with Gasteiger partial charge in [-0.15, -0.1) is 0 Å². The van der Waals surface area contributed by atoms with Gasteiger partial charge in [0.05, 0.1) is 28.5 Å². The number of aryl methyl sites for hydroxylation is 1. The maximum atomic E-state index is 14.0. The van der Waals surface area contributed by atoms with Crippen molar-refractivity contribution in [1.29, 1.82) is 0 Å². The lowest BCUT2D eigenvalue weighted by Crippen LogP contribution is -2.40. The van der Waals surface area contributed by atoms with Gasteiger partial charge in [0.15, 0.2) is 4.80 Å². The number of aromatic nitrogens is 1. The number of hydrogen-bond donors (Lipinski definition) is 0. The Morgan fingerprint density at radius 3 is 2.67 bits per heavy atom. The lowest BCUT2D eigenvalue weighted by Gasteiger charge is -2.26. The van der Waals surface area contributed by atoms with E-state index in [-0.39, 0.29) is 18.3 Å². The average Bonchev–Trinajstić information content (AvgIpc) is 3.47. The number of hydrogen-bond acceptors (Lipinski definition) is 7. The highest BCUT2D eigenvalue weighted by atomic mass is 79.9. The molecular formula is C31H29BrN2O5S. The summed E-state index contributed by atoms with van der Waals surface area (Å²) in [4.78, 5) is 32.3. The van der Waals surface area contributed by atoms with Gasteiger partial charge in [0, 0.05) is 21.7 Å². The monoisotopic (exact) mass is 620 g/mol. The number of para-hydroxylation sites is 1. The summed E-state index contributed by atoms with van der Waals surface area (Å²) >= 11 is 4.85. The van der Waals surface area contributed by atoms with Crippen LogP contribution in [-0.4, -0.2) is 23.2 Å². The molecule has 5 rings (SSSR count). The number of thiazole rings is 1. The van der Waals surface area contributed by atoms with Crippen molar-refractivity contribution < 1.29 is 18.7 Å². The van der Waals surface area contributed by atoms with E-state index in [1.165, 1.54) is 11.3 Å². The molecule has 0 amide bonds. The highest BCUT2D eigenvalue weighted by Crippen LogP contribution is 2.36. The van der Waals surface area contributed by atoms with E-state index in [1.807, 2.05) is 75.4 Å². The standard InChI is InChI=1S/C31H29BrN2O5S/c1-6-37-30(36)27-19(5)33-31-34(28(27)22-9-7-8-10-24(22)38-17(2)3)29(35)26(40-31)16-20-12-14-25(39-20)21-13-11-18(4)15-23(21)32/h7-17,28H,6H2,1-5H3/b26-16-/t28-/m1/s1. The Morgan fingerprint density at radius 1 is 1.18 bits per heavy atom. The van der Waals surface area contributed by atoms with Crippen LogP contribution in [0.1, 0.15) is 50.6 Å². The third-order valence-electron chi connectivity index (χ3n) is 6.38. The summed E-state index contributed by atoms with van der Waals surface area (Å²) in [7, 11) is 0. The summed E-state index contributed by atoms with van der Waals surface area (Å²) < 4.78 is 20.5. The van der Waals surface area contributed by atoms with Crippen LogP contribution in [0, 0.1) is 6.92 Å². The van der Waals surface area contributed by atoms with Crippen LogP contribution >= 0.6 is 27.3 Å². The molecule has 206 valence electrons. The summed E-state index contributed by atoms with van der Waals surface area (Å²) in [6, 6.07) is 16.4. The molecule has 0 spiro atoms. The van der Waals surface area contributed by atoms with Gasteiger partial charge in [0.1, 0.15) is 23.3 Å². The smallest absolute Gasteiger partial charge is 0.338 e. The number of rotatable bonds is 7. The van der Waals surface area contributed by atoms with Gasteiger partial charge in [0.2, 0.25) is 0 Å². The second kappa shape index (κ2) is 11.4. The maximum absolute atomic E-state index is 14.0. The number of benzene rings is 2. The fourth-order valence-corrected chi connectivity index (χ4v) is 6.39. The first-order valence-electron chi connectivity index (χ1n) is 13.0. The fourth-order valence-electron chi connectivity index (χ4n) is 4.68. The number of nitrogens with zero attached hydrogens (tertiary/aromatic N) is 2. The first kappa shape index (κ1) is 27.9. The molecule has 0 aliphatic carbocycles. The number of ether oxygens (including phenoxy) is 2. The van der Waals surface area contributed by atoms with E-state index in [0.29, 0.717) is 43.4 Å². The predicted molar refractivity (Wildman–Crippen MR) is 159 cm³/mol. The summed E-state index contributed by atoms with van der Waals surface area (Å²) in [6.07, 6.45) is 1.61. The first-order valence-corrected chi connectivity index (χ1v) is 14.6. The molecule has 1 aliphatic rings. The Kier molecular flexibility index (Phi) is 7.96. The third-order valence-corrected chi connectivity index (χ3v) is 8.02. The van der Waals surface area contributed by atoms with Crippen molar-refractivity contribution in [3.63, 3.8) is 0 Å². The van der Waals surface area contributed by atoms with Gasteiger partial charge in [-0.05, 0) is 70.5 Å². The molecular weight excluding hydrogens is 592 g/mol. The van der Waals surface area contributed by atoms with Crippen LogP contribution in [0.3, 0.4) is 0 Å². The van der Waals surface area contributed by atoms with E-state index < -0.39 is 12.0 Å². The molecule has 0 unspecified atom stereocenters. The average molecular weight is 622 g/mol. The van der Waals surface area contributed by atoms with Crippen molar-refractivity contribution in [3.8, 4) is 17.1 Å². The van der Waals surface area contributed by atoms with Gasteiger partial charge in [-0.3, -0.25) is 9.36 Å². The van der Waals surface area contributed by atoms with Gasteiger partial charge in [-0.25, -0.2) is 9.79 Å². The minimum atomic E-state index is -0.761. The zero-order valence-electron chi connectivity index (χ0n) is 22.9. The van der Waals surface area contributed by atoms with E-state index in [2.05, 4.69) is 20.9 Å². The zero-order chi connectivity index (χ0) is 28.6. The predicted octanol–water partition coefficient (Wildman–Crippen LogP) is 5.92. The first-order chi connectivity index (χ1) is 19.2. The molecule has 1 aliphatic heterocycles. The van der Waals surface area contributed by atoms with Crippen LogP contribution in [0.4, 0.5) is 0 Å². The molecule has 4 aromatic rings. The molecule has 2 aromatic carbocycles. The number of fused-ring (bicyclic) bond motifs is 1. The SMILES string of the molecule is CCOC(=O)C1=C(C)N=c2s/c(=C\c3ccc(-c4ccc(C)cc4Br)o3)c(=O)n2[C@@H]1c1ccccc1OC(C)C. The minimum absolute atomic E-state index is 0.102. The molecule has 7 nitrogen and oxygen atoms in total. The van der Waals surface area contributed by atoms with Crippen molar-refractivity contribution in [2.75, 3.05) is 6.61 Å². The lowest BCUT2D eigenvalue weighted by molar-refractivity contribution is -0.139. The number of carbonyl (C=O) groups is 1. The molecule has 0 saturated heterocycles.